The van der Waals surface area contributed by atoms with Crippen LogP contribution in [0.15, 0.2) is 53.3 Å². The molecule has 6 nitrogen and oxygen atoms in total. The summed E-state index contributed by atoms with van der Waals surface area (Å²) in [5.41, 5.74) is 1.56. The van der Waals surface area contributed by atoms with Gasteiger partial charge >= 0.3 is 0 Å². The summed E-state index contributed by atoms with van der Waals surface area (Å²) in [5.74, 6) is 0.675. The number of nitrogens with zero attached hydrogens (tertiary/aromatic N) is 3. The number of aliphatic hydroxyl groups excluding tert-OH is 1. The first kappa shape index (κ1) is 18.1. The molecule has 6 heteroatoms. The molecule has 0 radical (unpaired) electrons. The lowest BCUT2D eigenvalue weighted by atomic mass is 9.87. The van der Waals surface area contributed by atoms with Crippen molar-refractivity contribution in [1.29, 1.82) is 0 Å². The molecular weight excluding hydrogens is 330 g/mol. The molecule has 0 bridgehead atoms. The molecule has 1 aromatic heterocycles. The van der Waals surface area contributed by atoms with Crippen molar-refractivity contribution in [2.75, 3.05) is 6.61 Å². The molecule has 0 aliphatic carbocycles. The van der Waals surface area contributed by atoms with E-state index in [2.05, 4.69) is 31.1 Å². The normalized spacial score (nSPS) is 12.9. The molecular formula is C20H23N3O3. The van der Waals surface area contributed by atoms with Crippen LogP contribution < -0.4 is 10.3 Å². The van der Waals surface area contributed by atoms with Crippen molar-refractivity contribution in [2.24, 2.45) is 0 Å². The van der Waals surface area contributed by atoms with Gasteiger partial charge in [0.1, 0.15) is 24.0 Å². The van der Waals surface area contributed by atoms with Crippen LogP contribution in [-0.2, 0) is 12.0 Å². The number of fused-ring (bicyclic) bond motifs is 1. The molecule has 0 aliphatic heterocycles. The summed E-state index contributed by atoms with van der Waals surface area (Å²) in [4.78, 5) is 12.4. The zero-order chi connectivity index (χ0) is 18.7. The van der Waals surface area contributed by atoms with Gasteiger partial charge < -0.3 is 9.84 Å². The second kappa shape index (κ2) is 7.25. The van der Waals surface area contributed by atoms with Crippen molar-refractivity contribution >= 4 is 10.9 Å². The molecule has 0 saturated carbocycles. The highest BCUT2D eigenvalue weighted by atomic mass is 16.5. The molecule has 26 heavy (non-hydrogen) atoms. The van der Waals surface area contributed by atoms with Crippen LogP contribution in [0.1, 0.15) is 26.3 Å². The van der Waals surface area contributed by atoms with E-state index in [4.69, 9.17) is 4.74 Å². The smallest absolute Gasteiger partial charge is 0.277 e. The SMILES string of the molecule is CC(C)(C)c1ccc(OCC(O)Cn2nnc3ccccc3c2=O)cc1. The highest BCUT2D eigenvalue weighted by Crippen LogP contribution is 2.24. The average molecular weight is 353 g/mol. The van der Waals surface area contributed by atoms with E-state index in [1.165, 1.54) is 10.2 Å². The Labute approximate surface area is 152 Å². The predicted molar refractivity (Wildman–Crippen MR) is 100 cm³/mol. The zero-order valence-corrected chi connectivity index (χ0v) is 15.2. The van der Waals surface area contributed by atoms with Crippen molar-refractivity contribution in [3.05, 3.63) is 64.4 Å². The second-order valence-corrected chi connectivity index (χ2v) is 7.33. The van der Waals surface area contributed by atoms with Crippen LogP contribution in [0.4, 0.5) is 0 Å². The molecule has 136 valence electrons. The van der Waals surface area contributed by atoms with Crippen molar-refractivity contribution in [2.45, 2.75) is 38.8 Å². The number of benzene rings is 2. The summed E-state index contributed by atoms with van der Waals surface area (Å²) in [6, 6.07) is 14.8. The van der Waals surface area contributed by atoms with Crippen LogP contribution >= 0.6 is 0 Å². The molecule has 2 aromatic carbocycles. The van der Waals surface area contributed by atoms with Gasteiger partial charge in [0.15, 0.2) is 0 Å². The first-order valence-electron chi connectivity index (χ1n) is 8.58. The van der Waals surface area contributed by atoms with E-state index in [-0.39, 0.29) is 24.1 Å². The summed E-state index contributed by atoms with van der Waals surface area (Å²) in [6.45, 7) is 6.53. The van der Waals surface area contributed by atoms with Gasteiger partial charge in [-0.1, -0.05) is 50.3 Å². The third kappa shape index (κ3) is 4.08. The lowest BCUT2D eigenvalue weighted by Gasteiger charge is -2.19. The number of aromatic nitrogens is 3. The molecule has 3 aromatic rings. The van der Waals surface area contributed by atoms with Crippen LogP contribution in [0.3, 0.4) is 0 Å². The highest BCUT2D eigenvalue weighted by molar-refractivity contribution is 5.76. The minimum Gasteiger partial charge on any atom is -0.491 e. The van der Waals surface area contributed by atoms with Gasteiger partial charge in [-0.05, 0) is 35.2 Å². The van der Waals surface area contributed by atoms with Crippen molar-refractivity contribution in [3.63, 3.8) is 0 Å². The summed E-state index contributed by atoms with van der Waals surface area (Å²) in [5, 5.41) is 18.6. The molecule has 1 N–H and O–H groups in total. The Kier molecular flexibility index (Phi) is 5.04. The van der Waals surface area contributed by atoms with E-state index >= 15 is 0 Å². The van der Waals surface area contributed by atoms with Crippen LogP contribution in [0.25, 0.3) is 10.9 Å². The maximum atomic E-state index is 12.4. The van der Waals surface area contributed by atoms with E-state index in [1.807, 2.05) is 24.3 Å². The van der Waals surface area contributed by atoms with E-state index in [0.29, 0.717) is 16.7 Å². The highest BCUT2D eigenvalue weighted by Gasteiger charge is 2.14. The predicted octanol–water partition coefficient (Wildman–Crippen LogP) is 2.53. The Morgan fingerprint density at radius 3 is 2.50 bits per heavy atom. The molecule has 0 fully saturated rings. The van der Waals surface area contributed by atoms with Gasteiger partial charge in [-0.15, -0.1) is 5.10 Å². The minimum atomic E-state index is -0.870. The Balaban J connectivity index is 1.63. The Hall–Kier alpha value is -2.73. The van der Waals surface area contributed by atoms with Crippen LogP contribution in [0, 0.1) is 0 Å². The molecule has 0 spiro atoms. The zero-order valence-electron chi connectivity index (χ0n) is 15.2. The van der Waals surface area contributed by atoms with Gasteiger partial charge in [-0.2, -0.15) is 0 Å². The average Bonchev–Trinajstić information content (AvgIpc) is 2.62. The quantitative estimate of drug-likeness (QED) is 0.763. The van der Waals surface area contributed by atoms with Crippen LogP contribution in [-0.4, -0.2) is 32.8 Å². The first-order chi connectivity index (χ1) is 12.3. The van der Waals surface area contributed by atoms with E-state index < -0.39 is 6.10 Å². The van der Waals surface area contributed by atoms with Crippen LogP contribution in [0.2, 0.25) is 0 Å². The van der Waals surface area contributed by atoms with Gasteiger partial charge in [-0.25, -0.2) is 4.68 Å². The van der Waals surface area contributed by atoms with Crippen molar-refractivity contribution < 1.29 is 9.84 Å². The van der Waals surface area contributed by atoms with E-state index in [9.17, 15) is 9.90 Å². The Bertz CT molecular complexity index is 943. The molecule has 0 aliphatic rings. The van der Waals surface area contributed by atoms with E-state index in [1.54, 1.807) is 24.3 Å². The fraction of sp³-hybridized carbons (Fsp3) is 0.350. The largest absolute Gasteiger partial charge is 0.491 e. The maximum absolute atomic E-state index is 12.4. The topological polar surface area (TPSA) is 77.2 Å². The molecule has 3 rings (SSSR count). The summed E-state index contributed by atoms with van der Waals surface area (Å²) in [6.07, 6.45) is -0.870. The Morgan fingerprint density at radius 2 is 1.81 bits per heavy atom. The monoisotopic (exact) mass is 353 g/mol. The lowest BCUT2D eigenvalue weighted by Crippen LogP contribution is -2.32. The summed E-state index contributed by atoms with van der Waals surface area (Å²) in [7, 11) is 0. The van der Waals surface area contributed by atoms with Gasteiger partial charge in [0.05, 0.1) is 11.9 Å². The maximum Gasteiger partial charge on any atom is 0.277 e. The molecule has 0 saturated heterocycles. The summed E-state index contributed by atoms with van der Waals surface area (Å²) >= 11 is 0. The van der Waals surface area contributed by atoms with Gasteiger partial charge in [-0.3, -0.25) is 4.79 Å². The minimum absolute atomic E-state index is 0.0245. The second-order valence-electron chi connectivity index (χ2n) is 7.33. The van der Waals surface area contributed by atoms with Gasteiger partial charge in [0.2, 0.25) is 0 Å². The van der Waals surface area contributed by atoms with Gasteiger partial charge in [0, 0.05) is 0 Å². The fourth-order valence-electron chi connectivity index (χ4n) is 2.64. The van der Waals surface area contributed by atoms with E-state index in [0.717, 1.165) is 0 Å². The molecule has 0 amide bonds. The van der Waals surface area contributed by atoms with Crippen molar-refractivity contribution in [3.8, 4) is 5.75 Å². The summed E-state index contributed by atoms with van der Waals surface area (Å²) < 4.78 is 6.79. The number of aliphatic hydroxyl groups is 1. The first-order valence-corrected chi connectivity index (χ1v) is 8.58. The van der Waals surface area contributed by atoms with Crippen LogP contribution in [0.5, 0.6) is 5.75 Å². The van der Waals surface area contributed by atoms with Gasteiger partial charge in [0.25, 0.3) is 5.56 Å². The number of ether oxygens (including phenoxy) is 1. The third-order valence-corrected chi connectivity index (χ3v) is 4.18. The number of hydrogen-bond donors (Lipinski definition) is 1. The van der Waals surface area contributed by atoms with Crippen molar-refractivity contribution in [1.82, 2.24) is 15.0 Å². The third-order valence-electron chi connectivity index (χ3n) is 4.18. The fourth-order valence-corrected chi connectivity index (χ4v) is 2.64. The lowest BCUT2D eigenvalue weighted by molar-refractivity contribution is 0.0873. The number of hydrogen-bond acceptors (Lipinski definition) is 5. The molecule has 1 atom stereocenters. The Morgan fingerprint density at radius 1 is 1.12 bits per heavy atom. The molecule has 1 unspecified atom stereocenters. The standard InChI is InChI=1S/C20H23N3O3/c1-20(2,3)14-8-10-16(11-9-14)26-13-15(24)12-23-19(25)17-6-4-5-7-18(17)21-22-23/h4-11,15,24H,12-13H2,1-3H3. The number of rotatable bonds is 5. The molecule has 1 heterocycles.